The standard InChI is InChI=1S/C12H11Cl3O5S/c13-9-3-8(4-10(11(9)14)21(15,17)18)12(16)20-6-7-1-2-19-5-7/h3-4,7H,1-2,5-6H2. The normalized spacial score (nSPS) is 18.7. The zero-order chi connectivity index (χ0) is 15.6. The molecule has 0 radical (unpaired) electrons. The Morgan fingerprint density at radius 3 is 2.67 bits per heavy atom. The summed E-state index contributed by atoms with van der Waals surface area (Å²) < 4.78 is 33.1. The van der Waals surface area contributed by atoms with E-state index in [0.29, 0.717) is 13.2 Å². The highest BCUT2D eigenvalue weighted by atomic mass is 35.7. The first-order chi connectivity index (χ1) is 9.79. The van der Waals surface area contributed by atoms with Crippen LogP contribution in [0.4, 0.5) is 0 Å². The van der Waals surface area contributed by atoms with Gasteiger partial charge in [0, 0.05) is 23.2 Å². The number of rotatable bonds is 4. The smallest absolute Gasteiger partial charge is 0.338 e. The van der Waals surface area contributed by atoms with Gasteiger partial charge in [0.05, 0.1) is 28.8 Å². The molecule has 1 aliphatic heterocycles. The summed E-state index contributed by atoms with van der Waals surface area (Å²) in [5, 5.41) is -0.318. The maximum absolute atomic E-state index is 11.9. The second kappa shape index (κ2) is 6.71. The van der Waals surface area contributed by atoms with Crippen LogP contribution in [0.15, 0.2) is 17.0 Å². The fraction of sp³-hybridized carbons (Fsp3) is 0.417. The predicted octanol–water partition coefficient (Wildman–Crippen LogP) is 3.11. The van der Waals surface area contributed by atoms with E-state index in [1.54, 1.807) is 0 Å². The quantitative estimate of drug-likeness (QED) is 0.599. The van der Waals surface area contributed by atoms with Crippen molar-refractivity contribution in [3.63, 3.8) is 0 Å². The Hall–Kier alpha value is -0.530. The molecule has 0 aromatic heterocycles. The highest BCUT2D eigenvalue weighted by Gasteiger charge is 2.23. The van der Waals surface area contributed by atoms with E-state index in [0.717, 1.165) is 12.5 Å². The lowest BCUT2D eigenvalue weighted by Crippen LogP contribution is -2.14. The Kier molecular flexibility index (Phi) is 5.38. The molecule has 0 amide bonds. The van der Waals surface area contributed by atoms with Crippen LogP contribution in [0.3, 0.4) is 0 Å². The molecule has 1 fully saturated rings. The fourth-order valence-corrected chi connectivity index (χ4v) is 3.62. The third kappa shape index (κ3) is 4.23. The third-order valence-electron chi connectivity index (χ3n) is 2.97. The Labute approximate surface area is 136 Å². The summed E-state index contributed by atoms with van der Waals surface area (Å²) in [6.07, 6.45) is 0.815. The fourth-order valence-electron chi connectivity index (χ4n) is 1.85. The molecule has 0 bridgehead atoms. The number of esters is 1. The van der Waals surface area contributed by atoms with Gasteiger partial charge in [0.2, 0.25) is 0 Å². The molecule has 0 spiro atoms. The van der Waals surface area contributed by atoms with Crippen molar-refractivity contribution >= 4 is 48.9 Å². The molecule has 2 rings (SSSR count). The van der Waals surface area contributed by atoms with E-state index in [1.807, 2.05) is 0 Å². The molecule has 1 unspecified atom stereocenters. The van der Waals surface area contributed by atoms with E-state index in [9.17, 15) is 13.2 Å². The van der Waals surface area contributed by atoms with Crippen LogP contribution in [0.2, 0.25) is 10.0 Å². The van der Waals surface area contributed by atoms with Crippen molar-refractivity contribution in [2.75, 3.05) is 19.8 Å². The summed E-state index contributed by atoms with van der Waals surface area (Å²) >= 11 is 11.6. The number of hydrogen-bond acceptors (Lipinski definition) is 5. The maximum Gasteiger partial charge on any atom is 0.338 e. The average molecular weight is 374 g/mol. The molecule has 1 saturated heterocycles. The highest BCUT2D eigenvalue weighted by molar-refractivity contribution is 8.13. The van der Waals surface area contributed by atoms with E-state index in [-0.39, 0.29) is 28.1 Å². The van der Waals surface area contributed by atoms with Crippen molar-refractivity contribution in [3.8, 4) is 0 Å². The van der Waals surface area contributed by atoms with Crippen LogP contribution in [0.5, 0.6) is 0 Å². The van der Waals surface area contributed by atoms with Gasteiger partial charge in [-0.1, -0.05) is 23.2 Å². The summed E-state index contributed by atoms with van der Waals surface area (Å²) in [7, 11) is 1.14. The van der Waals surface area contributed by atoms with E-state index in [2.05, 4.69) is 0 Å². The lowest BCUT2D eigenvalue weighted by molar-refractivity contribution is 0.0428. The maximum atomic E-state index is 11.9. The average Bonchev–Trinajstić information content (AvgIpc) is 2.90. The van der Waals surface area contributed by atoms with Gasteiger partial charge in [0.1, 0.15) is 4.90 Å². The minimum Gasteiger partial charge on any atom is -0.462 e. The number of benzene rings is 1. The molecule has 0 N–H and O–H groups in total. The van der Waals surface area contributed by atoms with Gasteiger partial charge in [0.25, 0.3) is 9.05 Å². The van der Waals surface area contributed by atoms with Gasteiger partial charge in [-0.2, -0.15) is 0 Å². The number of halogens is 3. The second-order valence-corrected chi connectivity index (χ2v) is 7.86. The zero-order valence-corrected chi connectivity index (χ0v) is 13.7. The van der Waals surface area contributed by atoms with Crippen LogP contribution < -0.4 is 0 Å². The molecule has 1 atom stereocenters. The number of carbonyl (C=O) groups excluding carboxylic acids is 1. The lowest BCUT2D eigenvalue weighted by Gasteiger charge is -2.10. The SMILES string of the molecule is O=C(OCC1CCOC1)c1cc(Cl)c(Cl)c(S(=O)(=O)Cl)c1. The van der Waals surface area contributed by atoms with Gasteiger partial charge < -0.3 is 9.47 Å². The van der Waals surface area contributed by atoms with Crippen LogP contribution in [-0.2, 0) is 18.5 Å². The first-order valence-electron chi connectivity index (χ1n) is 5.97. The minimum absolute atomic E-state index is 0.0254. The summed E-state index contributed by atoms with van der Waals surface area (Å²) in [4.78, 5) is 11.5. The van der Waals surface area contributed by atoms with Crippen molar-refractivity contribution in [3.05, 3.63) is 27.7 Å². The highest BCUT2D eigenvalue weighted by Crippen LogP contribution is 2.33. The van der Waals surface area contributed by atoms with Crippen LogP contribution in [0, 0.1) is 5.92 Å². The number of hydrogen-bond donors (Lipinski definition) is 0. The molecule has 1 aliphatic rings. The topological polar surface area (TPSA) is 69.7 Å². The molecular formula is C12H11Cl3O5S. The lowest BCUT2D eigenvalue weighted by atomic mass is 10.1. The molecule has 1 aromatic carbocycles. The summed E-state index contributed by atoms with van der Waals surface area (Å²) in [6, 6.07) is 2.28. The number of ether oxygens (including phenoxy) is 2. The molecule has 0 aliphatic carbocycles. The van der Waals surface area contributed by atoms with Crippen molar-refractivity contribution < 1.29 is 22.7 Å². The Bertz CT molecular complexity index is 653. The minimum atomic E-state index is -4.11. The Morgan fingerprint density at radius 1 is 1.38 bits per heavy atom. The molecular weight excluding hydrogens is 363 g/mol. The molecule has 1 aromatic rings. The molecule has 1 heterocycles. The largest absolute Gasteiger partial charge is 0.462 e. The van der Waals surface area contributed by atoms with E-state index in [4.69, 9.17) is 43.4 Å². The van der Waals surface area contributed by atoms with Crippen molar-refractivity contribution in [2.24, 2.45) is 5.92 Å². The van der Waals surface area contributed by atoms with Crippen LogP contribution in [0.1, 0.15) is 16.8 Å². The molecule has 9 heteroatoms. The molecule has 5 nitrogen and oxygen atoms in total. The monoisotopic (exact) mass is 372 g/mol. The summed E-state index contributed by atoms with van der Waals surface area (Å²) in [6.45, 7) is 1.38. The number of carbonyl (C=O) groups is 1. The van der Waals surface area contributed by atoms with Crippen LogP contribution >= 0.6 is 33.9 Å². The molecule has 21 heavy (non-hydrogen) atoms. The van der Waals surface area contributed by atoms with E-state index >= 15 is 0 Å². The first kappa shape index (κ1) is 16.8. The molecule has 0 saturated carbocycles. The molecule has 116 valence electrons. The summed E-state index contributed by atoms with van der Waals surface area (Å²) in [5.41, 5.74) is -0.0254. The zero-order valence-electron chi connectivity index (χ0n) is 10.6. The van der Waals surface area contributed by atoms with Crippen LogP contribution in [0.25, 0.3) is 0 Å². The van der Waals surface area contributed by atoms with E-state index < -0.39 is 19.9 Å². The van der Waals surface area contributed by atoms with Gasteiger partial charge in [-0.3, -0.25) is 0 Å². The van der Waals surface area contributed by atoms with Crippen LogP contribution in [-0.4, -0.2) is 34.2 Å². The third-order valence-corrected chi connectivity index (χ3v) is 5.23. The van der Waals surface area contributed by atoms with Crippen molar-refractivity contribution in [2.45, 2.75) is 11.3 Å². The van der Waals surface area contributed by atoms with Gasteiger partial charge in [-0.15, -0.1) is 0 Å². The Morgan fingerprint density at radius 2 is 2.10 bits per heavy atom. The van der Waals surface area contributed by atoms with Gasteiger partial charge in [-0.25, -0.2) is 13.2 Å². The van der Waals surface area contributed by atoms with Gasteiger partial charge >= 0.3 is 5.97 Å². The predicted molar refractivity (Wildman–Crippen MR) is 78.7 cm³/mol. The summed E-state index contributed by atoms with van der Waals surface area (Å²) in [5.74, 6) is -0.546. The Balaban J connectivity index is 2.19. The van der Waals surface area contributed by atoms with E-state index in [1.165, 1.54) is 6.07 Å². The first-order valence-corrected chi connectivity index (χ1v) is 9.04. The van der Waals surface area contributed by atoms with Crippen molar-refractivity contribution in [1.29, 1.82) is 0 Å². The van der Waals surface area contributed by atoms with Gasteiger partial charge in [0.15, 0.2) is 0 Å². The van der Waals surface area contributed by atoms with Gasteiger partial charge in [-0.05, 0) is 18.6 Å². The van der Waals surface area contributed by atoms with Crippen molar-refractivity contribution in [1.82, 2.24) is 0 Å². The second-order valence-electron chi connectivity index (χ2n) is 4.54.